The van der Waals surface area contributed by atoms with Crippen molar-refractivity contribution in [1.82, 2.24) is 0 Å². The third-order valence-electron chi connectivity index (χ3n) is 3.23. The molecule has 0 saturated heterocycles. The summed E-state index contributed by atoms with van der Waals surface area (Å²) >= 11 is 0. The lowest BCUT2D eigenvalue weighted by molar-refractivity contribution is -0.138. The van der Waals surface area contributed by atoms with Crippen molar-refractivity contribution in [2.45, 2.75) is 31.6 Å². The maximum Gasteiger partial charge on any atom is 0.303 e. The van der Waals surface area contributed by atoms with Gasteiger partial charge in [0.1, 0.15) is 0 Å². The van der Waals surface area contributed by atoms with Gasteiger partial charge in [-0.25, -0.2) is 8.42 Å². The minimum Gasteiger partial charge on any atom is -0.481 e. The summed E-state index contributed by atoms with van der Waals surface area (Å²) in [5.41, 5.74) is 0.795. The van der Waals surface area contributed by atoms with E-state index < -0.39 is 15.8 Å². The number of carbonyl (C=O) groups is 1. The lowest BCUT2D eigenvalue weighted by Gasteiger charge is -2.14. The number of carboxylic acid groups (broad SMARTS) is 1. The van der Waals surface area contributed by atoms with E-state index in [-0.39, 0.29) is 18.1 Å². The molecule has 0 radical (unpaired) electrons. The molecular formula is C14H21NO4S. The third-order valence-corrected chi connectivity index (χ3v) is 4.98. The summed E-state index contributed by atoms with van der Waals surface area (Å²) in [6, 6.07) is 6.55. The van der Waals surface area contributed by atoms with Gasteiger partial charge in [0, 0.05) is 18.7 Å². The van der Waals surface area contributed by atoms with E-state index in [4.69, 9.17) is 5.11 Å². The lowest BCUT2D eigenvalue weighted by atomic mass is 10.0. The Kier molecular flexibility index (Phi) is 6.01. The highest BCUT2D eigenvalue weighted by atomic mass is 32.2. The lowest BCUT2D eigenvalue weighted by Crippen LogP contribution is -2.17. The second-order valence-electron chi connectivity index (χ2n) is 4.68. The molecule has 2 N–H and O–H groups in total. The number of sulfone groups is 1. The maximum atomic E-state index is 11.7. The molecule has 1 aromatic carbocycles. The van der Waals surface area contributed by atoms with Crippen LogP contribution in [0.1, 0.15) is 26.7 Å². The van der Waals surface area contributed by atoms with Gasteiger partial charge in [-0.3, -0.25) is 4.79 Å². The van der Waals surface area contributed by atoms with E-state index >= 15 is 0 Å². The monoisotopic (exact) mass is 299 g/mol. The Bertz CT molecular complexity index is 537. The highest BCUT2D eigenvalue weighted by Gasteiger charge is 2.12. The van der Waals surface area contributed by atoms with E-state index in [1.165, 1.54) is 0 Å². The number of benzene rings is 1. The highest BCUT2D eigenvalue weighted by molar-refractivity contribution is 7.91. The molecule has 0 fully saturated rings. The van der Waals surface area contributed by atoms with Crippen LogP contribution in [-0.2, 0) is 14.6 Å². The fraction of sp³-hybridized carbons (Fsp3) is 0.500. The molecule has 0 saturated carbocycles. The minimum absolute atomic E-state index is 0.0616. The molecule has 0 amide bonds. The average molecular weight is 299 g/mol. The van der Waals surface area contributed by atoms with Crippen LogP contribution in [0.3, 0.4) is 0 Å². The van der Waals surface area contributed by atoms with Crippen LogP contribution in [0.15, 0.2) is 29.2 Å². The van der Waals surface area contributed by atoms with Gasteiger partial charge in [-0.2, -0.15) is 0 Å². The normalized spacial score (nSPS) is 12.9. The van der Waals surface area contributed by atoms with E-state index in [9.17, 15) is 13.2 Å². The Labute approximate surface area is 119 Å². The average Bonchev–Trinajstić information content (AvgIpc) is 2.43. The highest BCUT2D eigenvalue weighted by Crippen LogP contribution is 2.16. The topological polar surface area (TPSA) is 83.5 Å². The van der Waals surface area contributed by atoms with Crippen LogP contribution < -0.4 is 5.32 Å². The number of anilines is 1. The Morgan fingerprint density at radius 2 is 1.85 bits per heavy atom. The van der Waals surface area contributed by atoms with Crippen LogP contribution in [0.2, 0.25) is 0 Å². The zero-order valence-electron chi connectivity index (χ0n) is 11.8. The molecule has 0 aliphatic rings. The summed E-state index contributed by atoms with van der Waals surface area (Å²) in [7, 11) is -3.17. The molecular weight excluding hydrogens is 278 g/mol. The van der Waals surface area contributed by atoms with Gasteiger partial charge in [0.25, 0.3) is 0 Å². The van der Waals surface area contributed by atoms with Crippen molar-refractivity contribution < 1.29 is 18.3 Å². The molecule has 1 atom stereocenters. The van der Waals surface area contributed by atoms with Gasteiger partial charge >= 0.3 is 5.97 Å². The fourth-order valence-corrected chi connectivity index (χ4v) is 2.70. The van der Waals surface area contributed by atoms with Crippen LogP contribution in [0, 0.1) is 5.92 Å². The predicted octanol–water partition coefficient (Wildman–Crippen LogP) is 2.39. The van der Waals surface area contributed by atoms with E-state index in [0.29, 0.717) is 11.4 Å². The molecule has 1 aromatic rings. The molecule has 0 aromatic heterocycles. The molecule has 20 heavy (non-hydrogen) atoms. The zero-order chi connectivity index (χ0) is 15.2. The smallest absolute Gasteiger partial charge is 0.303 e. The molecule has 1 unspecified atom stereocenters. The van der Waals surface area contributed by atoms with Crippen molar-refractivity contribution >= 4 is 21.5 Å². The van der Waals surface area contributed by atoms with Crippen LogP contribution in [0.25, 0.3) is 0 Å². The molecule has 112 valence electrons. The Morgan fingerprint density at radius 3 is 2.30 bits per heavy atom. The minimum atomic E-state index is -3.17. The van der Waals surface area contributed by atoms with Gasteiger partial charge in [-0.15, -0.1) is 0 Å². The van der Waals surface area contributed by atoms with Crippen LogP contribution >= 0.6 is 0 Å². The van der Waals surface area contributed by atoms with Gasteiger partial charge in [0.2, 0.25) is 0 Å². The van der Waals surface area contributed by atoms with E-state index in [1.807, 2.05) is 6.92 Å². The van der Waals surface area contributed by atoms with Gasteiger partial charge in [0.15, 0.2) is 9.84 Å². The van der Waals surface area contributed by atoms with Crippen molar-refractivity contribution in [1.29, 1.82) is 0 Å². The summed E-state index contributed by atoms with van der Waals surface area (Å²) in [4.78, 5) is 11.0. The Morgan fingerprint density at radius 1 is 1.25 bits per heavy atom. The molecule has 1 rings (SSSR count). The standard InChI is InChI=1S/C14H21NO4S/c1-3-11(9-14(16)17)10-15-12-5-7-13(8-6-12)20(18,19)4-2/h5-8,11,15H,3-4,9-10H2,1-2H3,(H,16,17). The number of hydrogen-bond donors (Lipinski definition) is 2. The first-order valence-corrected chi connectivity index (χ1v) is 8.32. The van der Waals surface area contributed by atoms with Crippen molar-refractivity contribution in [3.8, 4) is 0 Å². The molecule has 6 heteroatoms. The van der Waals surface area contributed by atoms with Crippen LogP contribution in [0.5, 0.6) is 0 Å². The number of carboxylic acids is 1. The van der Waals surface area contributed by atoms with Crippen molar-refractivity contribution in [2.75, 3.05) is 17.6 Å². The molecule has 0 heterocycles. The fourth-order valence-electron chi connectivity index (χ4n) is 1.82. The first-order chi connectivity index (χ1) is 9.39. The van der Waals surface area contributed by atoms with Gasteiger partial charge < -0.3 is 10.4 Å². The van der Waals surface area contributed by atoms with Crippen molar-refractivity contribution in [3.63, 3.8) is 0 Å². The number of nitrogens with one attached hydrogen (secondary N) is 1. The van der Waals surface area contributed by atoms with Gasteiger partial charge in [0.05, 0.1) is 10.6 Å². The van der Waals surface area contributed by atoms with E-state index in [1.54, 1.807) is 31.2 Å². The summed E-state index contributed by atoms with van der Waals surface area (Å²) in [5.74, 6) is -0.661. The summed E-state index contributed by atoms with van der Waals surface area (Å²) in [6.45, 7) is 4.12. The SMILES string of the molecule is CCC(CNc1ccc(S(=O)(=O)CC)cc1)CC(=O)O. The molecule has 0 aliphatic carbocycles. The van der Waals surface area contributed by atoms with Crippen molar-refractivity contribution in [2.24, 2.45) is 5.92 Å². The molecule has 0 spiro atoms. The van der Waals surface area contributed by atoms with Crippen LogP contribution in [-0.4, -0.2) is 31.8 Å². The van der Waals surface area contributed by atoms with E-state index in [2.05, 4.69) is 5.32 Å². The Balaban J connectivity index is 2.64. The van der Waals surface area contributed by atoms with Gasteiger partial charge in [-0.05, 0) is 30.2 Å². The maximum absolute atomic E-state index is 11.7. The first kappa shape index (κ1) is 16.5. The number of hydrogen-bond acceptors (Lipinski definition) is 4. The molecule has 5 nitrogen and oxygen atoms in total. The third kappa shape index (κ3) is 4.85. The van der Waals surface area contributed by atoms with Gasteiger partial charge in [-0.1, -0.05) is 20.3 Å². The van der Waals surface area contributed by atoms with E-state index in [0.717, 1.165) is 12.1 Å². The molecule has 0 aliphatic heterocycles. The summed E-state index contributed by atoms with van der Waals surface area (Å²) < 4.78 is 23.3. The number of rotatable bonds is 8. The second kappa shape index (κ2) is 7.28. The molecule has 0 bridgehead atoms. The first-order valence-electron chi connectivity index (χ1n) is 6.67. The quantitative estimate of drug-likeness (QED) is 0.770. The predicted molar refractivity (Wildman–Crippen MR) is 78.7 cm³/mol. The zero-order valence-corrected chi connectivity index (χ0v) is 12.6. The second-order valence-corrected chi connectivity index (χ2v) is 6.96. The van der Waals surface area contributed by atoms with Crippen molar-refractivity contribution in [3.05, 3.63) is 24.3 Å². The largest absolute Gasteiger partial charge is 0.481 e. The summed E-state index contributed by atoms with van der Waals surface area (Å²) in [6.07, 6.45) is 0.910. The summed E-state index contributed by atoms with van der Waals surface area (Å²) in [5, 5.41) is 11.9. The van der Waals surface area contributed by atoms with Crippen LogP contribution in [0.4, 0.5) is 5.69 Å². The number of aliphatic carboxylic acids is 1. The Hall–Kier alpha value is -1.56.